The summed E-state index contributed by atoms with van der Waals surface area (Å²) in [5.41, 5.74) is -2.91. The van der Waals surface area contributed by atoms with Gasteiger partial charge in [-0.2, -0.15) is 0 Å². The molecule has 1 amide bonds. The number of likely N-dealkylation sites (tertiary alicyclic amines) is 1. The maximum absolute atomic E-state index is 15.8. The Hall–Kier alpha value is -2.53. The minimum Gasteiger partial charge on any atom is -0.334 e. The van der Waals surface area contributed by atoms with Gasteiger partial charge in [0.25, 0.3) is 5.92 Å². The van der Waals surface area contributed by atoms with E-state index in [9.17, 15) is 30.8 Å². The molecule has 0 radical (unpaired) electrons. The second-order valence-electron chi connectivity index (χ2n) is 8.18. The van der Waals surface area contributed by atoms with E-state index in [4.69, 9.17) is 0 Å². The standard InChI is InChI=1S/C21H19F5N2O3S/c1-32(30,31)27-17-10-28(11-21(17,25)26)19(29)14-9-20(14,24)13-6-3-2-5-12(13)18-15(22)7-4-8-16(18)23/h2-8,14,17,27H,9-11H2,1H3/t14-,17?,20+/m0/s1. The van der Waals surface area contributed by atoms with Crippen LogP contribution in [0.25, 0.3) is 11.1 Å². The summed E-state index contributed by atoms with van der Waals surface area (Å²) in [6, 6.07) is 6.95. The predicted molar refractivity (Wildman–Crippen MR) is 106 cm³/mol. The molecule has 0 aromatic heterocycles. The molecule has 0 bridgehead atoms. The monoisotopic (exact) mass is 474 g/mol. The zero-order chi connectivity index (χ0) is 23.5. The number of amides is 1. The zero-order valence-electron chi connectivity index (χ0n) is 16.8. The Bertz CT molecular complexity index is 1170. The number of nitrogens with zero attached hydrogens (tertiary/aromatic N) is 1. The highest BCUT2D eigenvalue weighted by Crippen LogP contribution is 2.59. The first-order chi connectivity index (χ1) is 14.8. The number of rotatable bonds is 5. The lowest BCUT2D eigenvalue weighted by Gasteiger charge is -2.19. The third-order valence-electron chi connectivity index (χ3n) is 5.78. The maximum atomic E-state index is 15.8. The van der Waals surface area contributed by atoms with Crippen LogP contribution in [0.2, 0.25) is 0 Å². The van der Waals surface area contributed by atoms with Crippen LogP contribution in [0.5, 0.6) is 0 Å². The van der Waals surface area contributed by atoms with Crippen LogP contribution >= 0.6 is 0 Å². The van der Waals surface area contributed by atoms with Gasteiger partial charge < -0.3 is 4.90 Å². The summed E-state index contributed by atoms with van der Waals surface area (Å²) in [4.78, 5) is 13.5. The van der Waals surface area contributed by atoms with Crippen LogP contribution in [0.15, 0.2) is 42.5 Å². The van der Waals surface area contributed by atoms with Crippen LogP contribution in [0.3, 0.4) is 0 Å². The minimum absolute atomic E-state index is 0.0655. The lowest BCUT2D eigenvalue weighted by atomic mass is 9.93. The molecule has 2 aromatic carbocycles. The Labute approximate surface area is 181 Å². The van der Waals surface area contributed by atoms with Crippen LogP contribution in [0.4, 0.5) is 22.0 Å². The first-order valence-corrected chi connectivity index (χ1v) is 11.6. The Morgan fingerprint density at radius 2 is 1.69 bits per heavy atom. The Kier molecular flexibility index (Phi) is 5.32. The smallest absolute Gasteiger partial charge is 0.283 e. The van der Waals surface area contributed by atoms with Gasteiger partial charge in [-0.3, -0.25) is 4.79 Å². The molecular weight excluding hydrogens is 455 g/mol. The van der Waals surface area contributed by atoms with Crippen molar-refractivity contribution in [3.8, 4) is 11.1 Å². The van der Waals surface area contributed by atoms with Crippen LogP contribution in [-0.4, -0.2) is 50.5 Å². The first kappa shape index (κ1) is 22.7. The van der Waals surface area contributed by atoms with E-state index in [-0.39, 0.29) is 17.5 Å². The summed E-state index contributed by atoms with van der Waals surface area (Å²) >= 11 is 0. The molecule has 1 N–H and O–H groups in total. The fourth-order valence-electron chi connectivity index (χ4n) is 4.19. The van der Waals surface area contributed by atoms with Gasteiger partial charge in [0, 0.05) is 13.0 Å². The number of benzene rings is 2. The summed E-state index contributed by atoms with van der Waals surface area (Å²) in [7, 11) is -3.96. The number of carbonyl (C=O) groups is 1. The molecule has 2 fully saturated rings. The summed E-state index contributed by atoms with van der Waals surface area (Å²) in [5, 5.41) is 0. The van der Waals surface area contributed by atoms with E-state index >= 15 is 4.39 Å². The average Bonchev–Trinajstić information content (AvgIpc) is 3.29. The molecule has 1 saturated heterocycles. The topological polar surface area (TPSA) is 66.5 Å². The van der Waals surface area contributed by atoms with Crippen molar-refractivity contribution in [2.24, 2.45) is 5.92 Å². The Balaban J connectivity index is 1.60. The van der Waals surface area contributed by atoms with Crippen molar-refractivity contribution < 1.29 is 35.2 Å². The summed E-state index contributed by atoms with van der Waals surface area (Å²) in [6.07, 6.45) is 0.380. The SMILES string of the molecule is CS(=O)(=O)NC1CN(C(=O)[C@@H]2C[C@@]2(F)c2ccccc2-c2c(F)cccc2F)CC1(F)F. The van der Waals surface area contributed by atoms with E-state index in [2.05, 4.69) is 0 Å². The van der Waals surface area contributed by atoms with E-state index in [1.165, 1.54) is 30.3 Å². The van der Waals surface area contributed by atoms with Gasteiger partial charge in [0.05, 0.1) is 24.3 Å². The van der Waals surface area contributed by atoms with Crippen molar-refractivity contribution >= 4 is 15.9 Å². The second kappa shape index (κ2) is 7.51. The molecule has 1 aliphatic carbocycles. The molecule has 1 aliphatic heterocycles. The highest BCUT2D eigenvalue weighted by atomic mass is 32.2. The molecule has 32 heavy (non-hydrogen) atoms. The molecule has 1 heterocycles. The molecule has 2 aromatic rings. The van der Waals surface area contributed by atoms with Gasteiger partial charge in [0.2, 0.25) is 15.9 Å². The van der Waals surface area contributed by atoms with Crippen LogP contribution in [-0.2, 0) is 20.5 Å². The summed E-state index contributed by atoms with van der Waals surface area (Å²) in [6.45, 7) is -1.68. The fraction of sp³-hybridized carbons (Fsp3) is 0.381. The molecular formula is C21H19F5N2O3S. The molecule has 172 valence electrons. The van der Waals surface area contributed by atoms with Crippen molar-refractivity contribution in [2.45, 2.75) is 24.1 Å². The zero-order valence-corrected chi connectivity index (χ0v) is 17.6. The average molecular weight is 474 g/mol. The van der Waals surface area contributed by atoms with Gasteiger partial charge in [-0.15, -0.1) is 0 Å². The van der Waals surface area contributed by atoms with E-state index in [0.717, 1.165) is 23.3 Å². The molecule has 1 saturated carbocycles. The van der Waals surface area contributed by atoms with Crippen molar-refractivity contribution in [1.82, 2.24) is 9.62 Å². The van der Waals surface area contributed by atoms with E-state index < -0.39 is 69.8 Å². The van der Waals surface area contributed by atoms with Crippen molar-refractivity contribution in [3.63, 3.8) is 0 Å². The van der Waals surface area contributed by atoms with Crippen LogP contribution < -0.4 is 4.72 Å². The quantitative estimate of drug-likeness (QED) is 0.677. The van der Waals surface area contributed by atoms with Crippen molar-refractivity contribution in [3.05, 3.63) is 59.7 Å². The third kappa shape index (κ3) is 3.99. The predicted octanol–water partition coefficient (Wildman–Crippen LogP) is 3.21. The lowest BCUT2D eigenvalue weighted by Crippen LogP contribution is -2.46. The van der Waals surface area contributed by atoms with Crippen molar-refractivity contribution in [2.75, 3.05) is 19.3 Å². The number of carbonyl (C=O) groups excluding carboxylic acids is 1. The number of nitrogens with one attached hydrogen (secondary N) is 1. The number of halogens is 5. The summed E-state index contributed by atoms with van der Waals surface area (Å²) in [5.74, 6) is -7.57. The first-order valence-electron chi connectivity index (χ1n) is 9.70. The van der Waals surface area contributed by atoms with Gasteiger partial charge in [-0.05, 0) is 23.3 Å². The number of hydrogen-bond donors (Lipinski definition) is 1. The van der Waals surface area contributed by atoms with Gasteiger partial charge in [0.1, 0.15) is 23.3 Å². The highest BCUT2D eigenvalue weighted by Gasteiger charge is 2.64. The maximum Gasteiger partial charge on any atom is 0.283 e. The van der Waals surface area contributed by atoms with E-state index in [1.54, 1.807) is 4.72 Å². The second-order valence-corrected chi connectivity index (χ2v) is 9.96. The van der Waals surface area contributed by atoms with Crippen molar-refractivity contribution in [1.29, 1.82) is 0 Å². The number of hydrogen-bond acceptors (Lipinski definition) is 3. The number of sulfonamides is 1. The van der Waals surface area contributed by atoms with E-state index in [1.807, 2.05) is 0 Å². The number of alkyl halides is 3. The van der Waals surface area contributed by atoms with Gasteiger partial charge in [-0.1, -0.05) is 30.3 Å². The minimum atomic E-state index is -3.96. The Morgan fingerprint density at radius 1 is 1.06 bits per heavy atom. The fourth-order valence-corrected chi connectivity index (χ4v) is 4.95. The summed E-state index contributed by atoms with van der Waals surface area (Å²) < 4.78 is 97.3. The molecule has 2 aliphatic rings. The molecule has 11 heteroatoms. The Morgan fingerprint density at radius 3 is 2.31 bits per heavy atom. The van der Waals surface area contributed by atoms with Crippen LogP contribution in [0.1, 0.15) is 12.0 Å². The van der Waals surface area contributed by atoms with E-state index in [0.29, 0.717) is 0 Å². The highest BCUT2D eigenvalue weighted by molar-refractivity contribution is 7.88. The molecule has 3 atom stereocenters. The molecule has 5 nitrogen and oxygen atoms in total. The third-order valence-corrected chi connectivity index (χ3v) is 6.49. The van der Waals surface area contributed by atoms with Gasteiger partial charge in [0.15, 0.2) is 0 Å². The van der Waals surface area contributed by atoms with Crippen LogP contribution in [0, 0.1) is 17.6 Å². The van der Waals surface area contributed by atoms with Gasteiger partial charge >= 0.3 is 0 Å². The molecule has 1 unspecified atom stereocenters. The normalized spacial score (nSPS) is 26.9. The molecule has 0 spiro atoms. The largest absolute Gasteiger partial charge is 0.334 e. The van der Waals surface area contributed by atoms with Gasteiger partial charge in [-0.25, -0.2) is 35.1 Å². The lowest BCUT2D eigenvalue weighted by molar-refractivity contribution is -0.134. The molecule has 4 rings (SSSR count).